The molecule has 1 saturated carbocycles. The summed E-state index contributed by atoms with van der Waals surface area (Å²) in [5, 5.41) is 0. The van der Waals surface area contributed by atoms with Crippen LogP contribution in [0.1, 0.15) is 33.1 Å². The van der Waals surface area contributed by atoms with Crippen LogP contribution in [0.2, 0.25) is 25.2 Å². The Labute approximate surface area is 111 Å². The molecule has 0 amide bonds. The molecule has 0 aromatic carbocycles. The van der Waals surface area contributed by atoms with Gasteiger partial charge in [0, 0.05) is 13.2 Å². The van der Waals surface area contributed by atoms with E-state index < -0.39 is 8.32 Å². The first-order valence-electron chi connectivity index (χ1n) is 7.21. The van der Waals surface area contributed by atoms with E-state index in [1.807, 2.05) is 0 Å². The summed E-state index contributed by atoms with van der Waals surface area (Å²) in [6, 6.07) is 2.59. The van der Waals surface area contributed by atoms with Gasteiger partial charge in [0.25, 0.3) is 0 Å². The van der Waals surface area contributed by atoms with Crippen molar-refractivity contribution in [2.24, 2.45) is 11.8 Å². The number of hydrogen-bond acceptors (Lipinski definition) is 2. The van der Waals surface area contributed by atoms with E-state index in [-0.39, 0.29) is 9.76 Å². The second kappa shape index (κ2) is 7.72. The Balaban J connectivity index is 1.94. The first kappa shape index (κ1) is 15.4. The largest absolute Gasteiger partial charge is 0.460 e. The highest BCUT2D eigenvalue weighted by molar-refractivity contribution is 6.75. The lowest BCUT2D eigenvalue weighted by atomic mass is 10.3. The average Bonchev–Trinajstić information content (AvgIpc) is 3.00. The second-order valence-electron chi connectivity index (χ2n) is 6.41. The molecule has 0 saturated heterocycles. The quantitative estimate of drug-likeness (QED) is 0.450. The molecule has 102 valence electrons. The molecule has 1 fully saturated rings. The molecule has 0 N–H and O–H groups in total. The molecule has 1 aliphatic carbocycles. The summed E-state index contributed by atoms with van der Waals surface area (Å²) in [5.41, 5.74) is 0. The van der Waals surface area contributed by atoms with Crippen LogP contribution in [0.5, 0.6) is 0 Å². The fourth-order valence-corrected chi connectivity index (χ4v) is 6.50. The molecule has 0 aliphatic heterocycles. The summed E-state index contributed by atoms with van der Waals surface area (Å²) in [5.74, 6) is 1.71. The van der Waals surface area contributed by atoms with Crippen molar-refractivity contribution in [3.63, 3.8) is 0 Å². The zero-order valence-corrected chi connectivity index (χ0v) is 14.5. The van der Waals surface area contributed by atoms with E-state index in [1.165, 1.54) is 31.4 Å². The van der Waals surface area contributed by atoms with Crippen molar-refractivity contribution in [2.75, 3.05) is 13.2 Å². The van der Waals surface area contributed by atoms with Crippen LogP contribution in [0.4, 0.5) is 0 Å². The molecule has 0 unspecified atom stereocenters. The van der Waals surface area contributed by atoms with Crippen LogP contribution in [0.25, 0.3) is 0 Å². The zero-order valence-electron chi connectivity index (χ0n) is 12.1. The van der Waals surface area contributed by atoms with Crippen molar-refractivity contribution in [1.82, 2.24) is 0 Å². The summed E-state index contributed by atoms with van der Waals surface area (Å²) >= 11 is 0. The normalized spacial score (nSPS) is 17.5. The highest BCUT2D eigenvalue weighted by Crippen LogP contribution is 2.28. The minimum Gasteiger partial charge on any atom is -0.460 e. The van der Waals surface area contributed by atoms with Crippen molar-refractivity contribution >= 4 is 18.1 Å². The molecule has 0 aromatic rings. The minimum absolute atomic E-state index is 0.262. The Kier molecular flexibility index (Phi) is 6.99. The molecule has 0 radical (unpaired) electrons. The molecule has 1 aliphatic rings. The van der Waals surface area contributed by atoms with Gasteiger partial charge in [-0.2, -0.15) is 0 Å². The Morgan fingerprint density at radius 3 is 2.59 bits per heavy atom. The molecule has 0 bridgehead atoms. The molecule has 0 heterocycles. The van der Waals surface area contributed by atoms with E-state index >= 15 is 0 Å². The first-order valence-corrected chi connectivity index (χ1v) is 11.9. The van der Waals surface area contributed by atoms with E-state index in [1.54, 1.807) is 0 Å². The molecular formula is C13H30O2Si2. The summed E-state index contributed by atoms with van der Waals surface area (Å²) in [4.78, 5) is 0. The standard InChI is InChI=1S/C13H30O2Si2/c1-12(2)11-16-15-17(3,4)9-5-8-14-10-13-6-7-13/h12-13H,5-11,16H2,1-4H3. The molecule has 1 rings (SSSR count). The minimum atomic E-state index is -1.35. The van der Waals surface area contributed by atoms with Crippen LogP contribution in [-0.4, -0.2) is 31.3 Å². The van der Waals surface area contributed by atoms with Crippen molar-refractivity contribution in [1.29, 1.82) is 0 Å². The van der Waals surface area contributed by atoms with Crippen molar-refractivity contribution < 1.29 is 8.85 Å². The van der Waals surface area contributed by atoms with Gasteiger partial charge in [0.05, 0.1) is 0 Å². The van der Waals surface area contributed by atoms with Gasteiger partial charge in [-0.05, 0) is 56.3 Å². The number of hydrogen-bond donors (Lipinski definition) is 0. The van der Waals surface area contributed by atoms with Gasteiger partial charge in [-0.25, -0.2) is 0 Å². The lowest BCUT2D eigenvalue weighted by Gasteiger charge is -2.23. The maximum atomic E-state index is 6.20. The smallest absolute Gasteiger partial charge is 0.173 e. The predicted molar refractivity (Wildman–Crippen MR) is 79.7 cm³/mol. The SMILES string of the molecule is CC(C)C[SiH2]O[Si](C)(C)CCCOCC1CC1. The molecule has 4 heteroatoms. The van der Waals surface area contributed by atoms with Gasteiger partial charge in [-0.15, -0.1) is 0 Å². The summed E-state index contributed by atoms with van der Waals surface area (Å²) < 4.78 is 11.9. The summed E-state index contributed by atoms with van der Waals surface area (Å²) in [6.07, 6.45) is 3.98. The van der Waals surface area contributed by atoms with Crippen molar-refractivity contribution in [3.05, 3.63) is 0 Å². The maximum Gasteiger partial charge on any atom is 0.173 e. The van der Waals surface area contributed by atoms with Gasteiger partial charge in [-0.3, -0.25) is 0 Å². The molecule has 0 spiro atoms. The molecular weight excluding hydrogens is 244 g/mol. The van der Waals surface area contributed by atoms with Gasteiger partial charge in [0.1, 0.15) is 9.76 Å². The summed E-state index contributed by atoms with van der Waals surface area (Å²) in [6.45, 7) is 11.3. The third kappa shape index (κ3) is 9.00. The van der Waals surface area contributed by atoms with Gasteiger partial charge in [0.2, 0.25) is 0 Å². The van der Waals surface area contributed by atoms with Gasteiger partial charge >= 0.3 is 0 Å². The van der Waals surface area contributed by atoms with E-state index in [0.717, 1.165) is 25.0 Å². The van der Waals surface area contributed by atoms with Crippen molar-refractivity contribution in [3.8, 4) is 0 Å². The van der Waals surface area contributed by atoms with Crippen LogP contribution < -0.4 is 0 Å². The highest BCUT2D eigenvalue weighted by atomic mass is 28.4. The lowest BCUT2D eigenvalue weighted by Crippen LogP contribution is -2.32. The monoisotopic (exact) mass is 274 g/mol. The second-order valence-corrected chi connectivity index (χ2v) is 12.6. The fourth-order valence-electron chi connectivity index (χ4n) is 1.78. The first-order chi connectivity index (χ1) is 7.99. The third-order valence-electron chi connectivity index (χ3n) is 3.31. The summed E-state index contributed by atoms with van der Waals surface area (Å²) in [7, 11) is -1.61. The Hall–Kier alpha value is 0.354. The van der Waals surface area contributed by atoms with E-state index in [0.29, 0.717) is 0 Å². The molecule has 0 aromatic heterocycles. The third-order valence-corrected chi connectivity index (χ3v) is 10.2. The maximum absolute atomic E-state index is 6.20. The number of ether oxygens (including phenoxy) is 1. The van der Waals surface area contributed by atoms with E-state index in [4.69, 9.17) is 8.85 Å². The Morgan fingerprint density at radius 1 is 1.29 bits per heavy atom. The molecule has 0 atom stereocenters. The van der Waals surface area contributed by atoms with E-state index in [2.05, 4.69) is 26.9 Å². The topological polar surface area (TPSA) is 18.5 Å². The molecule has 2 nitrogen and oxygen atoms in total. The predicted octanol–water partition coefficient (Wildman–Crippen LogP) is 3.18. The molecule has 17 heavy (non-hydrogen) atoms. The Bertz CT molecular complexity index is 204. The van der Waals surface area contributed by atoms with Gasteiger partial charge in [-0.1, -0.05) is 13.8 Å². The van der Waals surface area contributed by atoms with Crippen molar-refractivity contribution in [2.45, 2.75) is 58.3 Å². The Morgan fingerprint density at radius 2 is 2.00 bits per heavy atom. The average molecular weight is 275 g/mol. The van der Waals surface area contributed by atoms with Crippen LogP contribution in [0.15, 0.2) is 0 Å². The van der Waals surface area contributed by atoms with Gasteiger partial charge in [0.15, 0.2) is 8.32 Å². The van der Waals surface area contributed by atoms with Crippen LogP contribution in [0.3, 0.4) is 0 Å². The highest BCUT2D eigenvalue weighted by Gasteiger charge is 2.23. The lowest BCUT2D eigenvalue weighted by molar-refractivity contribution is 0.124. The van der Waals surface area contributed by atoms with E-state index in [9.17, 15) is 0 Å². The fraction of sp³-hybridized carbons (Fsp3) is 1.00. The van der Waals surface area contributed by atoms with Crippen LogP contribution >= 0.6 is 0 Å². The zero-order chi connectivity index (χ0) is 12.7. The van der Waals surface area contributed by atoms with Crippen LogP contribution in [-0.2, 0) is 8.85 Å². The number of rotatable bonds is 10. The van der Waals surface area contributed by atoms with Gasteiger partial charge < -0.3 is 8.85 Å². The van der Waals surface area contributed by atoms with Crippen LogP contribution in [0, 0.1) is 11.8 Å².